The fourth-order valence-electron chi connectivity index (χ4n) is 3.65. The van der Waals surface area contributed by atoms with Crippen molar-refractivity contribution in [2.75, 3.05) is 20.3 Å². The molecule has 1 aliphatic heterocycles. The Bertz CT molecular complexity index is 1210. The van der Waals surface area contributed by atoms with Crippen molar-refractivity contribution in [3.8, 4) is 11.5 Å². The van der Waals surface area contributed by atoms with Crippen molar-refractivity contribution in [3.63, 3.8) is 0 Å². The summed E-state index contributed by atoms with van der Waals surface area (Å²) >= 11 is 0. The fourth-order valence-corrected chi connectivity index (χ4v) is 3.65. The fraction of sp³-hybridized carbons (Fsp3) is 0.250. The van der Waals surface area contributed by atoms with Gasteiger partial charge in [-0.3, -0.25) is 0 Å². The lowest BCUT2D eigenvalue weighted by Gasteiger charge is -2.15. The van der Waals surface area contributed by atoms with E-state index < -0.39 is 24.3 Å². The van der Waals surface area contributed by atoms with E-state index in [9.17, 15) is 9.59 Å². The van der Waals surface area contributed by atoms with E-state index in [4.69, 9.17) is 28.5 Å². The minimum atomic E-state index is -1.13. The van der Waals surface area contributed by atoms with Crippen LogP contribution in [0.15, 0.2) is 84.0 Å². The monoisotopic (exact) mass is 505 g/mol. The van der Waals surface area contributed by atoms with Crippen molar-refractivity contribution >= 4 is 17.8 Å². The summed E-state index contributed by atoms with van der Waals surface area (Å²) in [6.45, 7) is 2.46. The molecular weight excluding hydrogens is 478 g/mol. The van der Waals surface area contributed by atoms with Crippen molar-refractivity contribution < 1.29 is 38.1 Å². The van der Waals surface area contributed by atoms with Crippen LogP contribution in [0.1, 0.15) is 29.7 Å². The van der Waals surface area contributed by atoms with Crippen LogP contribution in [-0.2, 0) is 30.4 Å². The zero-order valence-electron chi connectivity index (χ0n) is 20.5. The van der Waals surface area contributed by atoms with Gasteiger partial charge in [0.05, 0.1) is 6.61 Å². The second-order valence-electron chi connectivity index (χ2n) is 7.96. The first-order chi connectivity index (χ1) is 18.1. The van der Waals surface area contributed by atoms with Crippen molar-refractivity contribution in [1.29, 1.82) is 0 Å². The lowest BCUT2D eigenvalue weighted by molar-refractivity contribution is -0.153. The Morgan fingerprint density at radius 2 is 1.57 bits per heavy atom. The minimum absolute atomic E-state index is 0.177. The van der Waals surface area contributed by atoms with Gasteiger partial charge in [-0.2, -0.15) is 0 Å². The van der Waals surface area contributed by atoms with Crippen LogP contribution in [0.25, 0.3) is 0 Å². The van der Waals surface area contributed by atoms with Crippen LogP contribution in [0.3, 0.4) is 0 Å². The number of hydrogen-bond donors (Lipinski definition) is 0. The summed E-state index contributed by atoms with van der Waals surface area (Å²) in [6, 6.07) is 24.2. The van der Waals surface area contributed by atoms with Gasteiger partial charge in [0, 0.05) is 5.56 Å². The molecule has 2 unspecified atom stereocenters. The normalized spacial score (nSPS) is 16.9. The number of rotatable bonds is 11. The molecular formula is C28H27NO8. The van der Waals surface area contributed by atoms with Crippen LogP contribution in [0.4, 0.5) is 4.79 Å². The second kappa shape index (κ2) is 12.4. The SMILES string of the molecule is CCOC(=O)C1OC(=O)OC1c1ccc(OCc2ccc(OCC(=NOC)c3ccccc3)cc2)cc1. The van der Waals surface area contributed by atoms with Gasteiger partial charge in [0.2, 0.25) is 6.10 Å². The summed E-state index contributed by atoms with van der Waals surface area (Å²) in [5.41, 5.74) is 3.16. The van der Waals surface area contributed by atoms with Crippen LogP contribution >= 0.6 is 0 Å². The average Bonchev–Trinajstić information content (AvgIpc) is 3.33. The number of ether oxygens (including phenoxy) is 5. The number of cyclic esters (lactones) is 2. The van der Waals surface area contributed by atoms with Gasteiger partial charge in [-0.05, 0) is 42.3 Å². The second-order valence-corrected chi connectivity index (χ2v) is 7.96. The third-order valence-corrected chi connectivity index (χ3v) is 5.46. The molecule has 2 atom stereocenters. The number of benzene rings is 3. The molecule has 0 aliphatic carbocycles. The Kier molecular flexibility index (Phi) is 8.59. The maximum absolute atomic E-state index is 12.1. The number of carbonyl (C=O) groups is 2. The zero-order valence-corrected chi connectivity index (χ0v) is 20.5. The molecule has 4 rings (SSSR count). The van der Waals surface area contributed by atoms with Crippen molar-refractivity contribution in [2.45, 2.75) is 25.7 Å². The zero-order chi connectivity index (χ0) is 26.0. The van der Waals surface area contributed by atoms with E-state index in [1.165, 1.54) is 7.11 Å². The van der Waals surface area contributed by atoms with Crippen LogP contribution in [-0.4, -0.2) is 44.3 Å². The topological polar surface area (TPSA) is 102 Å². The van der Waals surface area contributed by atoms with Crippen molar-refractivity contribution in [3.05, 3.63) is 95.6 Å². The van der Waals surface area contributed by atoms with Crippen molar-refractivity contribution in [2.24, 2.45) is 5.16 Å². The molecule has 0 amide bonds. The summed E-state index contributed by atoms with van der Waals surface area (Å²) in [4.78, 5) is 28.6. The molecule has 1 saturated heterocycles. The Balaban J connectivity index is 1.30. The molecule has 37 heavy (non-hydrogen) atoms. The van der Waals surface area contributed by atoms with Gasteiger partial charge in [0.15, 0.2) is 6.10 Å². The highest BCUT2D eigenvalue weighted by molar-refractivity contribution is 6.01. The van der Waals surface area contributed by atoms with Crippen molar-refractivity contribution in [1.82, 2.24) is 0 Å². The molecule has 0 aromatic heterocycles. The third-order valence-electron chi connectivity index (χ3n) is 5.46. The average molecular weight is 506 g/mol. The molecule has 192 valence electrons. The molecule has 1 fully saturated rings. The summed E-state index contributed by atoms with van der Waals surface area (Å²) in [6.07, 6.45) is -2.91. The number of nitrogens with zero attached hydrogens (tertiary/aromatic N) is 1. The molecule has 0 spiro atoms. The van der Waals surface area contributed by atoms with Gasteiger partial charge < -0.3 is 28.5 Å². The minimum Gasteiger partial charge on any atom is -0.489 e. The Hall–Kier alpha value is -4.53. The van der Waals surface area contributed by atoms with E-state index in [1.54, 1.807) is 31.2 Å². The molecule has 0 radical (unpaired) electrons. The maximum Gasteiger partial charge on any atom is 0.510 e. The van der Waals surface area contributed by atoms with Crippen LogP contribution in [0, 0.1) is 0 Å². The van der Waals surface area contributed by atoms with E-state index in [0.29, 0.717) is 29.4 Å². The molecule has 3 aromatic carbocycles. The van der Waals surface area contributed by atoms with E-state index in [-0.39, 0.29) is 13.2 Å². The summed E-state index contributed by atoms with van der Waals surface area (Å²) < 4.78 is 26.8. The standard InChI is InChI=1S/C28H27NO8/c1-3-33-27(30)26-25(36-28(31)37-26)21-11-15-23(16-12-21)34-17-19-9-13-22(14-10-19)35-18-24(29-32-2)20-7-5-4-6-8-20/h4-16,25-26H,3,17-18H2,1-2H3. The van der Waals surface area contributed by atoms with Gasteiger partial charge in [-0.1, -0.05) is 59.8 Å². The summed E-state index contributed by atoms with van der Waals surface area (Å²) in [5.74, 6) is 0.663. The van der Waals surface area contributed by atoms with Crippen LogP contribution < -0.4 is 9.47 Å². The van der Waals surface area contributed by atoms with Crippen LogP contribution in [0.2, 0.25) is 0 Å². The lowest BCUT2D eigenvalue weighted by atomic mass is 10.0. The lowest BCUT2D eigenvalue weighted by Crippen LogP contribution is -2.28. The summed E-state index contributed by atoms with van der Waals surface area (Å²) in [5, 5.41) is 4.06. The molecule has 9 heteroatoms. The van der Waals surface area contributed by atoms with E-state index >= 15 is 0 Å². The van der Waals surface area contributed by atoms with Gasteiger partial charge in [-0.15, -0.1) is 0 Å². The summed E-state index contributed by atoms with van der Waals surface area (Å²) in [7, 11) is 1.50. The Morgan fingerprint density at radius 1 is 0.892 bits per heavy atom. The first kappa shape index (κ1) is 25.6. The number of oxime groups is 1. The Morgan fingerprint density at radius 3 is 2.24 bits per heavy atom. The first-order valence-electron chi connectivity index (χ1n) is 11.7. The van der Waals surface area contributed by atoms with E-state index in [0.717, 1.165) is 11.1 Å². The molecule has 0 bridgehead atoms. The highest BCUT2D eigenvalue weighted by Crippen LogP contribution is 2.32. The molecule has 3 aromatic rings. The van der Waals surface area contributed by atoms with Crippen LogP contribution in [0.5, 0.6) is 11.5 Å². The van der Waals surface area contributed by atoms with Gasteiger partial charge >= 0.3 is 12.1 Å². The molecule has 0 saturated carbocycles. The molecule has 1 heterocycles. The molecule has 0 N–H and O–H groups in total. The number of carbonyl (C=O) groups excluding carboxylic acids is 2. The predicted octanol–water partition coefficient (Wildman–Crippen LogP) is 4.83. The van der Waals surface area contributed by atoms with Gasteiger partial charge in [0.1, 0.15) is 37.5 Å². The van der Waals surface area contributed by atoms with Gasteiger partial charge in [0.25, 0.3) is 0 Å². The highest BCUT2D eigenvalue weighted by atomic mass is 16.8. The quantitative estimate of drug-likeness (QED) is 0.207. The Labute approximate surface area is 214 Å². The maximum atomic E-state index is 12.1. The first-order valence-corrected chi connectivity index (χ1v) is 11.7. The number of esters is 1. The van der Waals surface area contributed by atoms with Gasteiger partial charge in [-0.25, -0.2) is 9.59 Å². The van der Waals surface area contributed by atoms with E-state index in [1.807, 2.05) is 54.6 Å². The third kappa shape index (κ3) is 6.78. The van der Waals surface area contributed by atoms with E-state index in [2.05, 4.69) is 5.16 Å². The molecule has 9 nitrogen and oxygen atoms in total. The highest BCUT2D eigenvalue weighted by Gasteiger charge is 2.43. The molecule has 1 aliphatic rings. The smallest absolute Gasteiger partial charge is 0.489 e. The largest absolute Gasteiger partial charge is 0.510 e. The predicted molar refractivity (Wildman–Crippen MR) is 133 cm³/mol. The number of hydrogen-bond acceptors (Lipinski definition) is 9.